The first kappa shape index (κ1) is 30.8. The van der Waals surface area contributed by atoms with Crippen molar-refractivity contribution < 1.29 is 8.83 Å². The van der Waals surface area contributed by atoms with Crippen LogP contribution in [0.3, 0.4) is 0 Å². The molecule has 3 heterocycles. The molecule has 8 aromatic carbocycles. The van der Waals surface area contributed by atoms with Crippen LogP contribution in [0.2, 0.25) is 0 Å². The molecular weight excluding hydrogens is 691 g/mol. The first-order valence-electron chi connectivity index (χ1n) is 18.8. The molecule has 0 N–H and O–H groups in total. The summed E-state index contributed by atoms with van der Waals surface area (Å²) in [6.07, 6.45) is 0. The summed E-state index contributed by atoms with van der Waals surface area (Å²) < 4.78 is 16.4. The summed E-state index contributed by atoms with van der Waals surface area (Å²) in [6, 6.07) is 58.9. The van der Waals surface area contributed by atoms with Gasteiger partial charge in [0, 0.05) is 69.6 Å². The first-order valence-corrected chi connectivity index (χ1v) is 19.7. The molecule has 12 rings (SSSR count). The van der Waals surface area contributed by atoms with Crippen molar-refractivity contribution >= 4 is 92.4 Å². The van der Waals surface area contributed by atoms with Gasteiger partial charge in [0.2, 0.25) is 0 Å². The van der Waals surface area contributed by atoms with Gasteiger partial charge in [-0.3, -0.25) is 0 Å². The van der Waals surface area contributed by atoms with Crippen LogP contribution in [0.4, 0.5) is 17.1 Å². The van der Waals surface area contributed by atoms with E-state index >= 15 is 0 Å². The predicted octanol–water partition coefficient (Wildman–Crippen LogP) is 15.3. The van der Waals surface area contributed by atoms with Crippen LogP contribution >= 0.6 is 11.3 Å². The number of thiophene rings is 1. The zero-order valence-corrected chi connectivity index (χ0v) is 31.1. The molecule has 3 aromatic heterocycles. The highest BCUT2D eigenvalue weighted by Gasteiger charge is 2.36. The van der Waals surface area contributed by atoms with Gasteiger partial charge in [-0.2, -0.15) is 0 Å². The van der Waals surface area contributed by atoms with E-state index in [9.17, 15) is 0 Å². The first-order chi connectivity index (χ1) is 27.0. The van der Waals surface area contributed by atoms with Gasteiger partial charge in [-0.05, 0) is 70.8 Å². The summed E-state index contributed by atoms with van der Waals surface area (Å²) >= 11 is 1.85. The Kier molecular flexibility index (Phi) is 6.27. The van der Waals surface area contributed by atoms with Crippen LogP contribution in [0.25, 0.3) is 86.3 Å². The number of nitrogens with zero attached hydrogens (tertiary/aromatic N) is 1. The van der Waals surface area contributed by atoms with E-state index in [2.05, 4.69) is 183 Å². The number of furan rings is 2. The molecule has 0 saturated carbocycles. The molecule has 0 amide bonds. The molecule has 11 aromatic rings. The Labute approximate surface area is 321 Å². The van der Waals surface area contributed by atoms with E-state index in [4.69, 9.17) is 8.83 Å². The van der Waals surface area contributed by atoms with Crippen LogP contribution < -0.4 is 4.90 Å². The molecule has 1 aliphatic rings. The minimum absolute atomic E-state index is 0.114. The molecule has 3 nitrogen and oxygen atoms in total. The standard InChI is InChI=1S/C51H33NO2S/c1-51(2)42-22-8-6-15-32(42)33-26-25-31(27-43(33)51)52(30-13-4-3-5-14-30)44-23-12-19-37-41-29-45-40(28-46(41)54-49(37)44)36-18-10-17-35(48(36)53-45)39-21-11-20-38-34-16-7-9-24-47(34)55-50(38)39/h3-29H,1-2H3. The Morgan fingerprint density at radius 1 is 0.436 bits per heavy atom. The van der Waals surface area contributed by atoms with Crippen molar-refractivity contribution in [2.75, 3.05) is 4.90 Å². The Bertz CT molecular complexity index is 3360. The molecule has 1 aliphatic carbocycles. The fourth-order valence-corrected chi connectivity index (χ4v) is 10.5. The fourth-order valence-electron chi connectivity index (χ4n) is 9.26. The number of fused-ring (bicyclic) bond motifs is 12. The summed E-state index contributed by atoms with van der Waals surface area (Å²) in [5, 5.41) is 6.80. The molecule has 0 saturated heterocycles. The topological polar surface area (TPSA) is 29.5 Å². The van der Waals surface area contributed by atoms with Gasteiger partial charge in [0.15, 0.2) is 5.58 Å². The fraction of sp³-hybridized carbons (Fsp3) is 0.0588. The largest absolute Gasteiger partial charge is 0.455 e. The van der Waals surface area contributed by atoms with E-state index in [1.165, 1.54) is 48.0 Å². The Balaban J connectivity index is 1.04. The zero-order valence-electron chi connectivity index (χ0n) is 30.3. The second-order valence-corrected chi connectivity index (χ2v) is 16.3. The van der Waals surface area contributed by atoms with E-state index < -0.39 is 0 Å². The minimum atomic E-state index is -0.114. The Morgan fingerprint density at radius 3 is 1.89 bits per heavy atom. The summed E-state index contributed by atoms with van der Waals surface area (Å²) in [4.78, 5) is 2.34. The van der Waals surface area contributed by atoms with Crippen LogP contribution in [-0.4, -0.2) is 0 Å². The summed E-state index contributed by atoms with van der Waals surface area (Å²) in [7, 11) is 0. The van der Waals surface area contributed by atoms with E-state index in [-0.39, 0.29) is 5.41 Å². The summed E-state index contributed by atoms with van der Waals surface area (Å²) in [5.74, 6) is 0. The third-order valence-electron chi connectivity index (χ3n) is 11.9. The number of hydrogen-bond acceptors (Lipinski definition) is 4. The lowest BCUT2D eigenvalue weighted by atomic mass is 9.82. The summed E-state index contributed by atoms with van der Waals surface area (Å²) in [6.45, 7) is 4.67. The van der Waals surface area contributed by atoms with E-state index in [0.29, 0.717) is 0 Å². The number of anilines is 3. The van der Waals surface area contributed by atoms with E-state index in [0.717, 1.165) is 66.5 Å². The van der Waals surface area contributed by atoms with Crippen molar-refractivity contribution in [3.05, 3.63) is 175 Å². The van der Waals surface area contributed by atoms with Gasteiger partial charge < -0.3 is 13.7 Å². The Morgan fingerprint density at radius 2 is 1.05 bits per heavy atom. The van der Waals surface area contributed by atoms with Crippen molar-refractivity contribution in [1.29, 1.82) is 0 Å². The monoisotopic (exact) mass is 723 g/mol. The summed E-state index contributed by atoms with van der Waals surface area (Å²) in [5.41, 5.74) is 14.1. The maximum absolute atomic E-state index is 6.94. The third-order valence-corrected chi connectivity index (χ3v) is 13.1. The van der Waals surface area contributed by atoms with Gasteiger partial charge in [0.25, 0.3) is 0 Å². The highest BCUT2D eigenvalue weighted by Crippen LogP contribution is 2.52. The molecule has 0 spiro atoms. The Hall–Kier alpha value is -6.62. The molecule has 260 valence electrons. The zero-order chi connectivity index (χ0) is 36.4. The molecule has 4 heteroatoms. The molecular formula is C51H33NO2S. The molecule has 0 aliphatic heterocycles. The highest BCUT2D eigenvalue weighted by molar-refractivity contribution is 7.26. The number of rotatable bonds is 4. The molecule has 0 atom stereocenters. The van der Waals surface area contributed by atoms with Gasteiger partial charge in [0.05, 0.1) is 5.69 Å². The second kappa shape index (κ2) is 11.2. The van der Waals surface area contributed by atoms with Gasteiger partial charge in [0.1, 0.15) is 16.7 Å². The average molecular weight is 724 g/mol. The lowest BCUT2D eigenvalue weighted by Gasteiger charge is -2.28. The molecule has 0 unspecified atom stereocenters. The number of benzene rings is 8. The molecule has 55 heavy (non-hydrogen) atoms. The van der Waals surface area contributed by atoms with E-state index in [1.54, 1.807) is 0 Å². The lowest BCUT2D eigenvalue weighted by molar-refractivity contribution is 0.660. The van der Waals surface area contributed by atoms with Crippen molar-refractivity contribution in [3.8, 4) is 22.3 Å². The van der Waals surface area contributed by atoms with Gasteiger partial charge in [-0.1, -0.05) is 129 Å². The molecule has 0 bridgehead atoms. The molecule has 0 radical (unpaired) electrons. The predicted molar refractivity (Wildman–Crippen MR) is 232 cm³/mol. The van der Waals surface area contributed by atoms with Crippen molar-refractivity contribution in [2.24, 2.45) is 0 Å². The molecule has 0 fully saturated rings. The van der Waals surface area contributed by atoms with Crippen molar-refractivity contribution in [1.82, 2.24) is 0 Å². The number of para-hydroxylation sites is 3. The van der Waals surface area contributed by atoms with Crippen molar-refractivity contribution in [3.63, 3.8) is 0 Å². The van der Waals surface area contributed by atoms with Crippen LogP contribution in [-0.2, 0) is 5.41 Å². The smallest absolute Gasteiger partial charge is 0.159 e. The van der Waals surface area contributed by atoms with E-state index in [1.807, 2.05) is 11.3 Å². The van der Waals surface area contributed by atoms with Crippen molar-refractivity contribution in [2.45, 2.75) is 19.3 Å². The second-order valence-electron chi connectivity index (χ2n) is 15.2. The normalized spacial score (nSPS) is 13.4. The van der Waals surface area contributed by atoms with Gasteiger partial charge in [-0.25, -0.2) is 0 Å². The number of hydrogen-bond donors (Lipinski definition) is 0. The van der Waals surface area contributed by atoms with Crippen LogP contribution in [0, 0.1) is 0 Å². The van der Waals surface area contributed by atoms with Gasteiger partial charge >= 0.3 is 0 Å². The highest BCUT2D eigenvalue weighted by atomic mass is 32.1. The van der Waals surface area contributed by atoms with Crippen LogP contribution in [0.5, 0.6) is 0 Å². The average Bonchev–Trinajstić information content (AvgIpc) is 3.96. The van der Waals surface area contributed by atoms with Crippen LogP contribution in [0.15, 0.2) is 173 Å². The third kappa shape index (κ3) is 4.31. The van der Waals surface area contributed by atoms with Crippen LogP contribution in [0.1, 0.15) is 25.0 Å². The maximum Gasteiger partial charge on any atom is 0.159 e. The maximum atomic E-state index is 6.94. The minimum Gasteiger partial charge on any atom is -0.455 e. The SMILES string of the molecule is CC1(C)c2ccccc2-c2ccc(N(c3ccccc3)c3cccc4c3oc3cc5c(cc34)oc3c(-c4cccc6c4sc4ccccc46)cccc35)cc21. The lowest BCUT2D eigenvalue weighted by Crippen LogP contribution is -2.16. The van der Waals surface area contributed by atoms with Gasteiger partial charge in [-0.15, -0.1) is 11.3 Å². The quantitative estimate of drug-likeness (QED) is 0.181.